The number of carbonyl (C=O) groups is 1. The van der Waals surface area contributed by atoms with Crippen molar-refractivity contribution in [1.82, 2.24) is 3.97 Å². The van der Waals surface area contributed by atoms with Gasteiger partial charge in [0.15, 0.2) is 0 Å². The zero-order valence-corrected chi connectivity index (χ0v) is 14.8. The normalized spacial score (nSPS) is 11.2. The van der Waals surface area contributed by atoms with Gasteiger partial charge < -0.3 is 5.73 Å². The van der Waals surface area contributed by atoms with Gasteiger partial charge in [-0.1, -0.05) is 36.4 Å². The molecule has 2 N–H and O–H groups in total. The minimum absolute atomic E-state index is 0.0212. The van der Waals surface area contributed by atoms with Crippen molar-refractivity contribution >= 4 is 33.0 Å². The number of hydrogen-bond acceptors (Lipinski definition) is 6. The summed E-state index contributed by atoms with van der Waals surface area (Å²) >= 11 is 1.30. The lowest BCUT2D eigenvalue weighted by molar-refractivity contribution is 0.103. The summed E-state index contributed by atoms with van der Waals surface area (Å²) in [5.74, 6) is -0.768. The highest BCUT2D eigenvalue weighted by molar-refractivity contribution is 7.89. The Kier molecular flexibility index (Phi) is 4.20. The van der Waals surface area contributed by atoms with Crippen molar-refractivity contribution in [3.05, 3.63) is 64.7 Å². The number of aromatic nitrogens is 1. The Hall–Kier alpha value is -2.89. The van der Waals surface area contributed by atoms with Crippen LogP contribution in [0.25, 0.3) is 10.4 Å². The fraction of sp³-hybridized carbons (Fsp3) is 0.0588. The zero-order valence-electron chi connectivity index (χ0n) is 13.1. The minimum atomic E-state index is -3.90. The second-order valence-electron chi connectivity index (χ2n) is 5.30. The molecule has 0 spiro atoms. The topological polar surface area (TPSA) is 106 Å². The molecule has 1 aromatic carbocycles. The van der Waals surface area contributed by atoms with Crippen molar-refractivity contribution in [2.75, 3.05) is 12.0 Å². The third-order valence-corrected chi connectivity index (χ3v) is 5.56. The third-order valence-electron chi connectivity index (χ3n) is 3.63. The summed E-state index contributed by atoms with van der Waals surface area (Å²) in [4.78, 5) is 13.7. The number of nitriles is 1. The van der Waals surface area contributed by atoms with Gasteiger partial charge in [0.2, 0.25) is 15.8 Å². The predicted molar refractivity (Wildman–Crippen MR) is 97.0 cm³/mol. The highest BCUT2D eigenvalue weighted by Gasteiger charge is 2.31. The van der Waals surface area contributed by atoms with Crippen LogP contribution in [0.15, 0.2) is 47.8 Å². The number of nitrogen functional groups attached to an aromatic ring is 1. The van der Waals surface area contributed by atoms with Crippen LogP contribution in [-0.4, -0.2) is 24.4 Å². The summed E-state index contributed by atoms with van der Waals surface area (Å²) in [5, 5.41) is 11.3. The van der Waals surface area contributed by atoms with Crippen LogP contribution in [0.2, 0.25) is 0 Å². The van der Waals surface area contributed by atoms with Gasteiger partial charge in [0, 0.05) is 16.0 Å². The molecule has 6 nitrogen and oxygen atoms in total. The van der Waals surface area contributed by atoms with E-state index in [0.717, 1.165) is 10.2 Å². The smallest absolute Gasteiger partial charge is 0.237 e. The maximum absolute atomic E-state index is 13.1. The average Bonchev–Trinajstić information content (AvgIpc) is 3.19. The van der Waals surface area contributed by atoms with E-state index in [9.17, 15) is 18.5 Å². The Morgan fingerprint density at radius 2 is 1.88 bits per heavy atom. The van der Waals surface area contributed by atoms with Crippen molar-refractivity contribution in [3.8, 4) is 16.5 Å². The maximum Gasteiger partial charge on any atom is 0.237 e. The van der Waals surface area contributed by atoms with Crippen LogP contribution in [0, 0.1) is 11.3 Å². The van der Waals surface area contributed by atoms with Gasteiger partial charge in [-0.25, -0.2) is 12.4 Å². The first-order valence-electron chi connectivity index (χ1n) is 7.14. The summed E-state index contributed by atoms with van der Waals surface area (Å²) in [7, 11) is -3.90. The van der Waals surface area contributed by atoms with E-state index in [0.29, 0.717) is 10.4 Å². The van der Waals surface area contributed by atoms with Crippen molar-refractivity contribution in [1.29, 1.82) is 5.26 Å². The largest absolute Gasteiger partial charge is 0.383 e. The summed E-state index contributed by atoms with van der Waals surface area (Å²) in [6.07, 6.45) is 0.949. The quantitative estimate of drug-likeness (QED) is 0.710. The highest BCUT2D eigenvalue weighted by Crippen LogP contribution is 2.38. The number of hydrogen-bond donors (Lipinski definition) is 1. The van der Waals surface area contributed by atoms with E-state index in [4.69, 9.17) is 5.73 Å². The second kappa shape index (κ2) is 6.20. The van der Waals surface area contributed by atoms with Crippen LogP contribution in [0.4, 0.5) is 5.82 Å². The molecule has 0 radical (unpaired) electrons. The first-order valence-corrected chi connectivity index (χ1v) is 9.87. The van der Waals surface area contributed by atoms with Gasteiger partial charge in [-0.3, -0.25) is 4.79 Å². The van der Waals surface area contributed by atoms with E-state index in [1.807, 2.05) is 6.07 Å². The van der Waals surface area contributed by atoms with Crippen LogP contribution in [0.1, 0.15) is 21.6 Å². The molecule has 25 heavy (non-hydrogen) atoms. The molecule has 0 amide bonds. The molecule has 2 aromatic heterocycles. The van der Waals surface area contributed by atoms with Crippen LogP contribution < -0.4 is 5.73 Å². The molecule has 2 heterocycles. The van der Waals surface area contributed by atoms with Gasteiger partial charge in [0.05, 0.1) is 6.26 Å². The Bertz CT molecular complexity index is 1090. The number of ketones is 1. The molecule has 126 valence electrons. The lowest BCUT2D eigenvalue weighted by Gasteiger charge is -2.09. The van der Waals surface area contributed by atoms with E-state index in [1.54, 1.807) is 47.8 Å². The van der Waals surface area contributed by atoms with Crippen LogP contribution in [-0.2, 0) is 10.0 Å². The number of benzene rings is 1. The number of nitrogens with two attached hydrogens (primary N) is 1. The maximum atomic E-state index is 13.1. The molecular weight excluding hydrogens is 358 g/mol. The van der Waals surface area contributed by atoms with Crippen molar-refractivity contribution in [2.24, 2.45) is 0 Å². The SMILES string of the molecule is CS(=O)(=O)n1c(N)c(C#N)c(-c2cccs2)c1C(=O)c1ccccc1. The van der Waals surface area contributed by atoms with Gasteiger partial charge >= 0.3 is 0 Å². The first kappa shape index (κ1) is 17.0. The Morgan fingerprint density at radius 1 is 1.20 bits per heavy atom. The number of carbonyl (C=O) groups excluding carboxylic acids is 1. The first-order chi connectivity index (χ1) is 11.9. The molecule has 0 aliphatic rings. The van der Waals surface area contributed by atoms with Crippen molar-refractivity contribution in [3.63, 3.8) is 0 Å². The molecular formula is C17H13N3O3S2. The van der Waals surface area contributed by atoms with Crippen LogP contribution in [0.3, 0.4) is 0 Å². The number of nitrogens with zero attached hydrogens (tertiary/aromatic N) is 2. The number of thiophene rings is 1. The molecule has 0 fully saturated rings. The second-order valence-corrected chi connectivity index (χ2v) is 8.07. The third kappa shape index (κ3) is 2.84. The van der Waals surface area contributed by atoms with Crippen LogP contribution in [0.5, 0.6) is 0 Å². The van der Waals surface area contributed by atoms with Gasteiger partial charge in [0.25, 0.3) is 0 Å². The molecule has 0 aliphatic heterocycles. The van der Waals surface area contributed by atoms with Crippen molar-refractivity contribution in [2.45, 2.75) is 0 Å². The molecule has 3 aromatic rings. The standard InChI is InChI=1S/C17H13N3O3S2/c1-25(22,23)20-15(16(21)11-6-3-2-4-7-11)14(12(10-18)17(20)19)13-8-5-9-24-13/h2-9H,19H2,1H3. The Labute approximate surface area is 148 Å². The lowest BCUT2D eigenvalue weighted by atomic mass is 10.0. The molecule has 0 aliphatic carbocycles. The van der Waals surface area contributed by atoms with Gasteiger partial charge in [-0.05, 0) is 11.4 Å². The lowest BCUT2D eigenvalue weighted by Crippen LogP contribution is -2.19. The number of rotatable bonds is 4. The van der Waals surface area contributed by atoms with Gasteiger partial charge in [0.1, 0.15) is 23.1 Å². The molecule has 0 bridgehead atoms. The molecule has 0 saturated heterocycles. The monoisotopic (exact) mass is 371 g/mol. The molecule has 3 rings (SSSR count). The molecule has 8 heteroatoms. The van der Waals surface area contributed by atoms with E-state index < -0.39 is 15.8 Å². The fourth-order valence-electron chi connectivity index (χ4n) is 2.62. The zero-order chi connectivity index (χ0) is 18.2. The summed E-state index contributed by atoms with van der Waals surface area (Å²) in [5.41, 5.74) is 6.35. The Balaban J connectivity index is 2.44. The van der Waals surface area contributed by atoms with E-state index in [-0.39, 0.29) is 22.6 Å². The highest BCUT2D eigenvalue weighted by atomic mass is 32.2. The molecule has 0 unspecified atom stereocenters. The Morgan fingerprint density at radius 3 is 2.40 bits per heavy atom. The van der Waals surface area contributed by atoms with E-state index >= 15 is 0 Å². The van der Waals surface area contributed by atoms with Gasteiger partial charge in [-0.15, -0.1) is 11.3 Å². The van der Waals surface area contributed by atoms with E-state index in [2.05, 4.69) is 0 Å². The summed E-state index contributed by atoms with van der Waals surface area (Å²) in [6, 6.07) is 13.7. The summed E-state index contributed by atoms with van der Waals surface area (Å²) in [6.45, 7) is 0. The predicted octanol–water partition coefficient (Wildman–Crippen LogP) is 2.71. The van der Waals surface area contributed by atoms with E-state index in [1.165, 1.54) is 11.3 Å². The van der Waals surface area contributed by atoms with Crippen LogP contribution >= 0.6 is 11.3 Å². The molecule has 0 saturated carbocycles. The average molecular weight is 371 g/mol. The van der Waals surface area contributed by atoms with Gasteiger partial charge in [-0.2, -0.15) is 5.26 Å². The molecule has 0 atom stereocenters. The summed E-state index contributed by atoms with van der Waals surface area (Å²) < 4.78 is 25.3. The number of anilines is 1. The fourth-order valence-corrected chi connectivity index (χ4v) is 4.35. The van der Waals surface area contributed by atoms with Crippen molar-refractivity contribution < 1.29 is 13.2 Å². The minimum Gasteiger partial charge on any atom is -0.383 e.